The lowest BCUT2D eigenvalue weighted by Crippen LogP contribution is -2.53. The summed E-state index contributed by atoms with van der Waals surface area (Å²) in [4.78, 5) is 0. The average molecular weight is 359 g/mol. The number of ether oxygens (including phenoxy) is 3. The topological polar surface area (TPSA) is 27.7 Å². The average Bonchev–Trinajstić information content (AvgIpc) is 2.59. The van der Waals surface area contributed by atoms with Gasteiger partial charge in [0.2, 0.25) is 0 Å². The van der Waals surface area contributed by atoms with Gasteiger partial charge in [0.1, 0.15) is 0 Å². The van der Waals surface area contributed by atoms with Gasteiger partial charge in [0.05, 0.1) is 12.7 Å². The van der Waals surface area contributed by atoms with Crippen LogP contribution in [-0.2, 0) is 4.74 Å². The lowest BCUT2D eigenvalue weighted by molar-refractivity contribution is -0.226. The lowest BCUT2D eigenvalue weighted by Gasteiger charge is -2.56. The third-order valence-corrected chi connectivity index (χ3v) is 7.06. The normalized spacial score (nSPS) is 34.5. The second kappa shape index (κ2) is 7.07. The van der Waals surface area contributed by atoms with Crippen LogP contribution in [0.15, 0.2) is 18.2 Å². The summed E-state index contributed by atoms with van der Waals surface area (Å²) >= 11 is 0. The van der Waals surface area contributed by atoms with Crippen LogP contribution in [0.1, 0.15) is 77.2 Å². The van der Waals surface area contributed by atoms with Crippen molar-refractivity contribution >= 4 is 0 Å². The highest BCUT2D eigenvalue weighted by atomic mass is 16.7. The maximum absolute atomic E-state index is 6.58. The molecule has 2 unspecified atom stereocenters. The number of rotatable bonds is 7. The summed E-state index contributed by atoms with van der Waals surface area (Å²) in [6.45, 7) is 6.50. The summed E-state index contributed by atoms with van der Waals surface area (Å²) in [5.41, 5.74) is 1.37. The molecule has 0 heterocycles. The lowest BCUT2D eigenvalue weighted by atomic mass is 9.54. The van der Waals surface area contributed by atoms with Gasteiger partial charge in [-0.2, -0.15) is 0 Å². The van der Waals surface area contributed by atoms with E-state index >= 15 is 0 Å². The Morgan fingerprint density at radius 1 is 1.00 bits per heavy atom. The highest BCUT2D eigenvalue weighted by molar-refractivity contribution is 5.44. The molecule has 0 amide bonds. The Labute approximate surface area is 158 Å². The van der Waals surface area contributed by atoms with Gasteiger partial charge < -0.3 is 14.2 Å². The second-order valence-electron chi connectivity index (χ2n) is 9.12. The van der Waals surface area contributed by atoms with Crippen LogP contribution in [0.5, 0.6) is 11.5 Å². The van der Waals surface area contributed by atoms with E-state index in [2.05, 4.69) is 26.0 Å². The minimum atomic E-state index is -0.241. The van der Waals surface area contributed by atoms with Crippen molar-refractivity contribution in [2.75, 3.05) is 7.11 Å². The molecule has 0 aliphatic heterocycles. The molecule has 2 atom stereocenters. The molecule has 0 N–H and O–H groups in total. The first-order chi connectivity index (χ1) is 12.5. The third-order valence-electron chi connectivity index (χ3n) is 7.06. The molecule has 4 fully saturated rings. The van der Waals surface area contributed by atoms with Gasteiger partial charge in [0, 0.05) is 0 Å². The SMILES string of the molecule is CCC(C)c1ccc(OC(C)OC23CC4CC(CC(C4)C2)C3)c(OC)c1. The zero-order valence-corrected chi connectivity index (χ0v) is 16.8. The number of hydrogen-bond donors (Lipinski definition) is 0. The van der Waals surface area contributed by atoms with Crippen LogP contribution in [0.3, 0.4) is 0 Å². The van der Waals surface area contributed by atoms with E-state index in [0.29, 0.717) is 5.92 Å². The number of methoxy groups -OCH3 is 1. The molecule has 0 aromatic heterocycles. The van der Waals surface area contributed by atoms with Crippen LogP contribution in [0.4, 0.5) is 0 Å². The molecular weight excluding hydrogens is 324 g/mol. The van der Waals surface area contributed by atoms with Gasteiger partial charge in [-0.25, -0.2) is 0 Å². The molecule has 1 aromatic rings. The highest BCUT2D eigenvalue weighted by Gasteiger charge is 2.52. The fourth-order valence-corrected chi connectivity index (χ4v) is 6.05. The molecule has 5 rings (SSSR count). The van der Waals surface area contributed by atoms with Crippen molar-refractivity contribution in [1.29, 1.82) is 0 Å². The van der Waals surface area contributed by atoms with Gasteiger partial charge in [-0.1, -0.05) is 19.9 Å². The number of hydrogen-bond acceptors (Lipinski definition) is 3. The third kappa shape index (κ3) is 3.47. The second-order valence-corrected chi connectivity index (χ2v) is 9.12. The molecule has 0 saturated heterocycles. The zero-order chi connectivity index (χ0) is 18.3. The van der Waals surface area contributed by atoms with Crippen LogP contribution < -0.4 is 9.47 Å². The van der Waals surface area contributed by atoms with Gasteiger partial charge in [-0.05, 0) is 93.2 Å². The summed E-state index contributed by atoms with van der Waals surface area (Å²) in [5.74, 6) is 4.78. The van der Waals surface area contributed by atoms with Crippen molar-refractivity contribution in [3.63, 3.8) is 0 Å². The van der Waals surface area contributed by atoms with Crippen LogP contribution in [0.2, 0.25) is 0 Å². The molecule has 4 aliphatic carbocycles. The molecule has 4 aliphatic rings. The Bertz CT molecular complexity index is 603. The quantitative estimate of drug-likeness (QED) is 0.566. The van der Waals surface area contributed by atoms with Crippen molar-refractivity contribution < 1.29 is 14.2 Å². The molecule has 26 heavy (non-hydrogen) atoms. The number of benzene rings is 1. The van der Waals surface area contributed by atoms with E-state index in [-0.39, 0.29) is 11.9 Å². The smallest absolute Gasteiger partial charge is 0.197 e. The minimum absolute atomic E-state index is 0.0675. The summed E-state index contributed by atoms with van der Waals surface area (Å²) in [5, 5.41) is 0. The summed E-state index contributed by atoms with van der Waals surface area (Å²) in [6.07, 6.45) is 8.88. The van der Waals surface area contributed by atoms with Crippen molar-refractivity contribution in [1.82, 2.24) is 0 Å². The predicted octanol–water partition coefficient (Wildman–Crippen LogP) is 5.92. The molecular formula is C23H34O3. The first-order valence-corrected chi connectivity index (χ1v) is 10.5. The Hall–Kier alpha value is -1.22. The van der Waals surface area contributed by atoms with E-state index in [1.807, 2.05) is 13.0 Å². The van der Waals surface area contributed by atoms with Crippen molar-refractivity contribution in [3.05, 3.63) is 23.8 Å². The molecule has 4 saturated carbocycles. The predicted molar refractivity (Wildman–Crippen MR) is 104 cm³/mol. The van der Waals surface area contributed by atoms with Gasteiger partial charge in [0.25, 0.3) is 0 Å². The Morgan fingerprint density at radius 2 is 1.62 bits per heavy atom. The van der Waals surface area contributed by atoms with Crippen molar-refractivity contribution in [2.24, 2.45) is 17.8 Å². The maximum atomic E-state index is 6.58. The van der Waals surface area contributed by atoms with Crippen LogP contribution >= 0.6 is 0 Å². The van der Waals surface area contributed by atoms with Gasteiger partial charge >= 0.3 is 0 Å². The molecule has 3 heteroatoms. The van der Waals surface area contributed by atoms with Crippen molar-refractivity contribution in [2.45, 2.75) is 83.5 Å². The Balaban J connectivity index is 1.44. The highest BCUT2D eigenvalue weighted by Crippen LogP contribution is 2.57. The molecule has 1 aromatic carbocycles. The first kappa shape index (κ1) is 18.2. The van der Waals surface area contributed by atoms with Crippen LogP contribution in [0.25, 0.3) is 0 Å². The van der Waals surface area contributed by atoms with Gasteiger partial charge in [-0.15, -0.1) is 0 Å². The zero-order valence-electron chi connectivity index (χ0n) is 16.8. The Morgan fingerprint density at radius 3 is 2.15 bits per heavy atom. The van der Waals surface area contributed by atoms with Gasteiger partial charge in [0.15, 0.2) is 17.8 Å². The minimum Gasteiger partial charge on any atom is -0.493 e. The van der Waals surface area contributed by atoms with Gasteiger partial charge in [-0.3, -0.25) is 0 Å². The fraction of sp³-hybridized carbons (Fsp3) is 0.739. The molecule has 0 radical (unpaired) electrons. The molecule has 144 valence electrons. The maximum Gasteiger partial charge on any atom is 0.197 e. The van der Waals surface area contributed by atoms with E-state index in [9.17, 15) is 0 Å². The van der Waals surface area contributed by atoms with Crippen LogP contribution in [0, 0.1) is 17.8 Å². The fourth-order valence-electron chi connectivity index (χ4n) is 6.05. The van der Waals surface area contributed by atoms with E-state index in [1.54, 1.807) is 7.11 Å². The van der Waals surface area contributed by atoms with E-state index in [1.165, 1.54) is 44.1 Å². The molecule has 3 nitrogen and oxygen atoms in total. The van der Waals surface area contributed by atoms with Crippen molar-refractivity contribution in [3.8, 4) is 11.5 Å². The van der Waals surface area contributed by atoms with E-state index in [4.69, 9.17) is 14.2 Å². The first-order valence-electron chi connectivity index (χ1n) is 10.5. The molecule has 4 bridgehead atoms. The summed E-state index contributed by atoms with van der Waals surface area (Å²) < 4.78 is 18.4. The summed E-state index contributed by atoms with van der Waals surface area (Å²) in [7, 11) is 1.72. The standard InChI is InChI=1S/C23H34O3/c1-5-15(2)20-6-7-21(22(11-20)24-4)25-16(3)26-23-12-17-8-18(13-23)10-19(9-17)14-23/h6-7,11,15-19H,5,8-10,12-14H2,1-4H3. The summed E-state index contributed by atoms with van der Waals surface area (Å²) in [6, 6.07) is 6.31. The van der Waals surface area contributed by atoms with E-state index in [0.717, 1.165) is 35.7 Å². The molecule has 0 spiro atoms. The largest absolute Gasteiger partial charge is 0.493 e. The monoisotopic (exact) mass is 358 g/mol. The van der Waals surface area contributed by atoms with E-state index < -0.39 is 0 Å². The van der Waals surface area contributed by atoms with Crippen LogP contribution in [-0.4, -0.2) is 19.0 Å². The Kier molecular flexibility index (Phi) is 4.94.